The van der Waals surface area contributed by atoms with Crippen molar-refractivity contribution >= 4 is 53.8 Å². The van der Waals surface area contributed by atoms with Crippen molar-refractivity contribution in [2.45, 2.75) is 38.9 Å². The van der Waals surface area contributed by atoms with Gasteiger partial charge < -0.3 is 9.31 Å². The van der Waals surface area contributed by atoms with E-state index in [1.165, 1.54) is 27.3 Å². The van der Waals surface area contributed by atoms with Crippen molar-refractivity contribution in [3.8, 4) is 11.1 Å². The van der Waals surface area contributed by atoms with E-state index in [0.29, 0.717) is 5.56 Å². The number of hydrogen-bond donors (Lipinski definition) is 0. The van der Waals surface area contributed by atoms with Gasteiger partial charge in [-0.3, -0.25) is 3.97 Å². The predicted octanol–water partition coefficient (Wildman–Crippen LogP) is 5.73. The second-order valence-corrected chi connectivity index (χ2v) is 9.61. The fourth-order valence-corrected chi connectivity index (χ4v) is 4.73. The van der Waals surface area contributed by atoms with Crippen LogP contribution < -0.4 is 5.46 Å². The summed E-state index contributed by atoms with van der Waals surface area (Å²) in [6, 6.07) is 9.32. The van der Waals surface area contributed by atoms with Crippen LogP contribution in [0.1, 0.15) is 27.7 Å². The van der Waals surface area contributed by atoms with E-state index in [4.69, 9.17) is 9.31 Å². The van der Waals surface area contributed by atoms with Crippen LogP contribution >= 0.6 is 30.3 Å². The molecule has 0 N–H and O–H groups in total. The maximum absolute atomic E-state index is 14.3. The molecule has 1 aliphatic rings. The molecule has 28 heavy (non-hydrogen) atoms. The molecule has 4 rings (SSSR count). The van der Waals surface area contributed by atoms with Crippen molar-refractivity contribution in [3.63, 3.8) is 0 Å². The number of aromatic nitrogens is 1. The first kappa shape index (κ1) is 20.2. The number of benzene rings is 2. The average Bonchev–Trinajstić information content (AvgIpc) is 3.08. The van der Waals surface area contributed by atoms with Gasteiger partial charge in [0.2, 0.25) is 0 Å². The molecule has 0 radical (unpaired) electrons. The molecule has 1 aromatic heterocycles. The summed E-state index contributed by atoms with van der Waals surface area (Å²) in [7, 11) is 0.956. The third kappa shape index (κ3) is 3.18. The zero-order valence-corrected chi connectivity index (χ0v) is 18.9. The fourth-order valence-electron chi connectivity index (χ4n) is 3.37. The smallest absolute Gasteiger partial charge is 0.399 e. The van der Waals surface area contributed by atoms with Gasteiger partial charge in [0.1, 0.15) is 11.6 Å². The minimum atomic E-state index is -0.584. The molecule has 0 aliphatic carbocycles. The van der Waals surface area contributed by atoms with Gasteiger partial charge in [-0.05, 0) is 57.5 Å². The molecule has 0 spiro atoms. The molecule has 0 amide bonds. The number of rotatable bonds is 3. The van der Waals surface area contributed by atoms with E-state index in [1.54, 1.807) is 12.1 Å². The van der Waals surface area contributed by atoms with Crippen molar-refractivity contribution in [1.29, 1.82) is 0 Å². The summed E-state index contributed by atoms with van der Waals surface area (Å²) >= 11 is 2.20. The molecule has 2 aromatic carbocycles. The summed E-state index contributed by atoms with van der Waals surface area (Å²) in [5, 5.41) is 0.850. The highest BCUT2D eigenvalue weighted by Gasteiger charge is 2.52. The normalized spacial score (nSPS) is 18.2. The lowest BCUT2D eigenvalue weighted by molar-refractivity contribution is 0.00578. The molecular formula is C20H19BF2INO2S. The van der Waals surface area contributed by atoms with Gasteiger partial charge in [-0.2, -0.15) is 0 Å². The Labute approximate surface area is 179 Å². The third-order valence-corrected chi connectivity index (χ3v) is 7.36. The second-order valence-electron chi connectivity index (χ2n) is 7.90. The van der Waals surface area contributed by atoms with Crippen molar-refractivity contribution in [2.75, 3.05) is 0 Å². The lowest BCUT2D eigenvalue weighted by atomic mass is 9.78. The second kappa shape index (κ2) is 7.00. The lowest BCUT2D eigenvalue weighted by Gasteiger charge is -2.32. The Bertz CT molecular complexity index is 1030. The van der Waals surface area contributed by atoms with E-state index in [1.807, 2.05) is 43.9 Å². The summed E-state index contributed by atoms with van der Waals surface area (Å²) in [4.78, 5) is 0. The van der Waals surface area contributed by atoms with Gasteiger partial charge >= 0.3 is 7.12 Å². The molecular weight excluding hydrogens is 494 g/mol. The van der Waals surface area contributed by atoms with E-state index in [2.05, 4.69) is 21.2 Å². The molecule has 0 saturated carbocycles. The first-order valence-electron chi connectivity index (χ1n) is 8.89. The quantitative estimate of drug-likeness (QED) is 0.330. The van der Waals surface area contributed by atoms with Crippen LogP contribution in [-0.4, -0.2) is 22.3 Å². The largest absolute Gasteiger partial charge is 0.497 e. The minimum Gasteiger partial charge on any atom is -0.399 e. The topological polar surface area (TPSA) is 23.4 Å². The summed E-state index contributed by atoms with van der Waals surface area (Å²) in [6.07, 6.45) is 1.96. The minimum absolute atomic E-state index is 0.0286. The lowest BCUT2D eigenvalue weighted by Crippen LogP contribution is -2.41. The van der Waals surface area contributed by atoms with E-state index < -0.39 is 30.0 Å². The van der Waals surface area contributed by atoms with Gasteiger partial charge in [-0.1, -0.05) is 12.1 Å². The molecule has 1 fully saturated rings. The standard InChI is InChI=1S/C20H19BF2INO2S/c1-19(2)20(3,4)27-21(26-19)14-11-25(28-24)17-9-8-12(10-13(14)17)18-15(22)6-5-7-16(18)23/h5-11H,1-4H3. The van der Waals surface area contributed by atoms with Crippen LogP contribution in [0, 0.1) is 11.6 Å². The molecule has 3 aromatic rings. The SMILES string of the molecule is CC1(C)OB(c2cn(SI)c3ccc(-c4c(F)cccc4F)cc23)OC1(C)C. The van der Waals surface area contributed by atoms with Crippen LogP contribution in [0.5, 0.6) is 0 Å². The van der Waals surface area contributed by atoms with Crippen LogP contribution in [0.25, 0.3) is 22.0 Å². The molecule has 8 heteroatoms. The molecule has 1 saturated heterocycles. The molecule has 3 nitrogen and oxygen atoms in total. The van der Waals surface area contributed by atoms with Gasteiger partial charge in [-0.15, -0.1) is 0 Å². The van der Waals surface area contributed by atoms with Crippen molar-refractivity contribution in [1.82, 2.24) is 3.97 Å². The van der Waals surface area contributed by atoms with Crippen molar-refractivity contribution in [3.05, 3.63) is 54.2 Å². The Morgan fingerprint density at radius 1 is 1.00 bits per heavy atom. The van der Waals surface area contributed by atoms with Crippen LogP contribution in [0.15, 0.2) is 42.6 Å². The van der Waals surface area contributed by atoms with Crippen LogP contribution in [-0.2, 0) is 9.31 Å². The molecule has 0 unspecified atom stereocenters. The zero-order valence-electron chi connectivity index (χ0n) is 15.9. The van der Waals surface area contributed by atoms with E-state index in [0.717, 1.165) is 16.4 Å². The van der Waals surface area contributed by atoms with Gasteiger partial charge in [0.15, 0.2) is 0 Å². The van der Waals surface area contributed by atoms with E-state index in [9.17, 15) is 8.78 Å². The summed E-state index contributed by atoms with van der Waals surface area (Å²) in [5.41, 5.74) is 1.29. The van der Waals surface area contributed by atoms with Crippen LogP contribution in [0.4, 0.5) is 8.78 Å². The summed E-state index contributed by atoms with van der Waals surface area (Å²) in [6.45, 7) is 8.00. The number of nitrogens with zero attached hydrogens (tertiary/aromatic N) is 1. The predicted molar refractivity (Wildman–Crippen MR) is 120 cm³/mol. The zero-order chi connectivity index (χ0) is 20.3. The average molecular weight is 513 g/mol. The molecule has 2 heterocycles. The highest BCUT2D eigenvalue weighted by Crippen LogP contribution is 2.38. The van der Waals surface area contributed by atoms with E-state index in [-0.39, 0.29) is 5.56 Å². The number of halogens is 3. The monoisotopic (exact) mass is 513 g/mol. The summed E-state index contributed by atoms with van der Waals surface area (Å²) < 4.78 is 43.1. The Morgan fingerprint density at radius 2 is 1.61 bits per heavy atom. The summed E-state index contributed by atoms with van der Waals surface area (Å²) in [5.74, 6) is -1.17. The van der Waals surface area contributed by atoms with Crippen molar-refractivity contribution < 1.29 is 18.1 Å². The van der Waals surface area contributed by atoms with Gasteiger partial charge in [0.25, 0.3) is 0 Å². The van der Waals surface area contributed by atoms with Crippen molar-refractivity contribution in [2.24, 2.45) is 0 Å². The van der Waals surface area contributed by atoms with Gasteiger partial charge in [0, 0.05) is 47.4 Å². The first-order valence-corrected chi connectivity index (χ1v) is 12.2. The Hall–Kier alpha value is -1.10. The molecule has 0 atom stereocenters. The Balaban J connectivity index is 1.89. The first-order chi connectivity index (χ1) is 13.1. The maximum atomic E-state index is 14.3. The van der Waals surface area contributed by atoms with Gasteiger partial charge in [0.05, 0.1) is 22.3 Å². The Kier molecular flexibility index (Phi) is 5.05. The van der Waals surface area contributed by atoms with E-state index >= 15 is 0 Å². The number of hydrogen-bond acceptors (Lipinski definition) is 3. The van der Waals surface area contributed by atoms with Crippen LogP contribution in [0.2, 0.25) is 0 Å². The van der Waals surface area contributed by atoms with Gasteiger partial charge in [-0.25, -0.2) is 8.78 Å². The highest BCUT2D eigenvalue weighted by atomic mass is 127. The number of fused-ring (bicyclic) bond motifs is 1. The van der Waals surface area contributed by atoms with Crippen LogP contribution in [0.3, 0.4) is 0 Å². The third-order valence-electron chi connectivity index (χ3n) is 5.63. The maximum Gasteiger partial charge on any atom is 0.497 e. The highest BCUT2D eigenvalue weighted by molar-refractivity contribution is 14.2. The molecule has 1 aliphatic heterocycles. The molecule has 146 valence electrons. The molecule has 0 bridgehead atoms. The Morgan fingerprint density at radius 3 is 2.18 bits per heavy atom. The fraction of sp³-hybridized carbons (Fsp3) is 0.300.